The molecule has 1 unspecified atom stereocenters. The van der Waals surface area contributed by atoms with E-state index in [0.717, 1.165) is 29.2 Å². The zero-order chi connectivity index (χ0) is 21.2. The molecule has 154 valence electrons. The highest BCUT2D eigenvalue weighted by Gasteiger charge is 2.41. The minimum atomic E-state index is -4.42. The predicted molar refractivity (Wildman–Crippen MR) is 112 cm³/mol. The Morgan fingerprint density at radius 1 is 1.21 bits per heavy atom. The fourth-order valence-corrected chi connectivity index (χ4v) is 4.17. The van der Waals surface area contributed by atoms with Gasteiger partial charge in [0, 0.05) is 21.9 Å². The van der Waals surface area contributed by atoms with Crippen molar-refractivity contribution in [2.75, 3.05) is 23.9 Å². The van der Waals surface area contributed by atoms with Crippen molar-refractivity contribution in [2.45, 2.75) is 13.1 Å². The van der Waals surface area contributed by atoms with Crippen LogP contribution in [0.15, 0.2) is 53.6 Å². The summed E-state index contributed by atoms with van der Waals surface area (Å²) >= 11 is 7.62. The van der Waals surface area contributed by atoms with Gasteiger partial charge in [-0.15, -0.1) is 0 Å². The Bertz CT molecular complexity index is 916. The van der Waals surface area contributed by atoms with Crippen LogP contribution in [-0.4, -0.2) is 35.3 Å². The van der Waals surface area contributed by atoms with Gasteiger partial charge in [0.2, 0.25) is 0 Å². The minimum Gasteiger partial charge on any atom is -0.306 e. The van der Waals surface area contributed by atoms with Crippen LogP contribution in [0.1, 0.15) is 18.1 Å². The number of benzene rings is 2. The van der Waals surface area contributed by atoms with Crippen molar-refractivity contribution >= 4 is 40.8 Å². The van der Waals surface area contributed by atoms with E-state index < -0.39 is 17.8 Å². The van der Waals surface area contributed by atoms with Crippen LogP contribution in [-0.2, 0) is 6.18 Å². The van der Waals surface area contributed by atoms with Gasteiger partial charge in [-0.1, -0.05) is 30.7 Å². The average molecular weight is 442 g/mol. The molecule has 2 amide bonds. The normalized spacial score (nSPS) is 19.2. The predicted octanol–water partition coefficient (Wildman–Crippen LogP) is 5.98. The zero-order valence-electron chi connectivity index (χ0n) is 15.8. The molecular formula is C20H19ClF3N3OS. The van der Waals surface area contributed by atoms with E-state index in [2.05, 4.69) is 10.4 Å². The quantitative estimate of drug-likeness (QED) is 0.634. The number of alkyl halides is 3. The van der Waals surface area contributed by atoms with Crippen LogP contribution < -0.4 is 5.32 Å². The van der Waals surface area contributed by atoms with E-state index >= 15 is 0 Å². The number of carbonyl (C=O) groups is 1. The van der Waals surface area contributed by atoms with Crippen LogP contribution in [0.5, 0.6) is 0 Å². The topological polar surface area (TPSA) is 44.7 Å². The molecule has 0 aliphatic carbocycles. The van der Waals surface area contributed by atoms with Crippen LogP contribution in [0.2, 0.25) is 5.02 Å². The largest absolute Gasteiger partial charge is 0.416 e. The summed E-state index contributed by atoms with van der Waals surface area (Å²) in [4.78, 5) is 12.7. The number of hydrazone groups is 1. The monoisotopic (exact) mass is 441 g/mol. The molecule has 1 aliphatic rings. The highest BCUT2D eigenvalue weighted by Crippen LogP contribution is 2.35. The summed E-state index contributed by atoms with van der Waals surface area (Å²) < 4.78 is 38.1. The van der Waals surface area contributed by atoms with E-state index in [0.29, 0.717) is 11.6 Å². The van der Waals surface area contributed by atoms with Crippen LogP contribution in [0.25, 0.3) is 0 Å². The SMILES string of the molecule is CSCC1(C)CN(C(=O)Nc2ccc(C(F)(F)F)cc2)N=C1c1ccc(Cl)cc1. The van der Waals surface area contributed by atoms with Crippen LogP contribution in [0.4, 0.5) is 23.7 Å². The zero-order valence-corrected chi connectivity index (χ0v) is 17.3. The molecule has 0 saturated heterocycles. The molecule has 3 rings (SSSR count). The maximum Gasteiger partial charge on any atom is 0.416 e. The first-order valence-corrected chi connectivity index (χ1v) is 10.5. The number of hydrogen-bond donors (Lipinski definition) is 1. The third-order valence-corrected chi connectivity index (χ3v) is 5.75. The molecule has 0 bridgehead atoms. The van der Waals surface area contributed by atoms with Gasteiger partial charge in [0.25, 0.3) is 0 Å². The number of halogens is 4. The Morgan fingerprint density at radius 3 is 2.38 bits per heavy atom. The van der Waals surface area contributed by atoms with Crippen molar-refractivity contribution in [3.05, 3.63) is 64.7 Å². The average Bonchev–Trinajstić information content (AvgIpc) is 3.00. The van der Waals surface area contributed by atoms with Gasteiger partial charge in [0.15, 0.2) is 0 Å². The molecule has 2 aromatic carbocycles. The number of anilines is 1. The number of urea groups is 1. The first kappa shape index (κ1) is 21.5. The van der Waals surface area contributed by atoms with Gasteiger partial charge in [-0.3, -0.25) is 0 Å². The second-order valence-corrected chi connectivity index (χ2v) is 8.31. The lowest BCUT2D eigenvalue weighted by Crippen LogP contribution is -2.37. The van der Waals surface area contributed by atoms with Crippen molar-refractivity contribution in [3.8, 4) is 0 Å². The van der Waals surface area contributed by atoms with Crippen molar-refractivity contribution < 1.29 is 18.0 Å². The maximum atomic E-state index is 12.7. The Kier molecular flexibility index (Phi) is 6.14. The molecule has 1 heterocycles. The lowest BCUT2D eigenvalue weighted by molar-refractivity contribution is -0.137. The van der Waals surface area contributed by atoms with Crippen molar-refractivity contribution in [1.29, 1.82) is 0 Å². The number of nitrogens with zero attached hydrogens (tertiary/aromatic N) is 2. The Hall–Kier alpha value is -2.19. The number of carbonyl (C=O) groups excluding carboxylic acids is 1. The molecule has 0 fully saturated rings. The number of hydrogen-bond acceptors (Lipinski definition) is 3. The third kappa shape index (κ3) is 4.87. The Labute approximate surface area is 176 Å². The highest BCUT2D eigenvalue weighted by atomic mass is 35.5. The van der Waals surface area contributed by atoms with E-state index in [4.69, 9.17) is 11.6 Å². The maximum absolute atomic E-state index is 12.7. The molecule has 29 heavy (non-hydrogen) atoms. The van der Waals surface area contributed by atoms with Gasteiger partial charge in [-0.05, 0) is 48.2 Å². The molecular weight excluding hydrogens is 423 g/mol. The summed E-state index contributed by atoms with van der Waals surface area (Å²) in [5, 5.41) is 9.05. The summed E-state index contributed by atoms with van der Waals surface area (Å²) in [7, 11) is 0. The number of amides is 2. The van der Waals surface area contributed by atoms with E-state index in [-0.39, 0.29) is 11.1 Å². The van der Waals surface area contributed by atoms with E-state index in [1.165, 1.54) is 17.1 Å². The molecule has 9 heteroatoms. The van der Waals surface area contributed by atoms with E-state index in [1.54, 1.807) is 23.9 Å². The molecule has 0 saturated carbocycles. The summed E-state index contributed by atoms with van der Waals surface area (Å²) in [6.45, 7) is 2.39. The minimum absolute atomic E-state index is 0.268. The van der Waals surface area contributed by atoms with Crippen LogP contribution >= 0.6 is 23.4 Å². The van der Waals surface area contributed by atoms with Gasteiger partial charge in [-0.25, -0.2) is 9.80 Å². The summed E-state index contributed by atoms with van der Waals surface area (Å²) in [6, 6.07) is 11.1. The van der Waals surface area contributed by atoms with E-state index in [9.17, 15) is 18.0 Å². The smallest absolute Gasteiger partial charge is 0.306 e. The van der Waals surface area contributed by atoms with Gasteiger partial charge in [0.05, 0.1) is 17.8 Å². The molecule has 0 aromatic heterocycles. The van der Waals surface area contributed by atoms with Crippen molar-refractivity contribution in [3.63, 3.8) is 0 Å². The Morgan fingerprint density at radius 2 is 1.83 bits per heavy atom. The molecule has 1 N–H and O–H groups in total. The lowest BCUT2D eigenvalue weighted by Gasteiger charge is -2.25. The fraction of sp³-hybridized carbons (Fsp3) is 0.300. The lowest BCUT2D eigenvalue weighted by atomic mass is 9.84. The van der Waals surface area contributed by atoms with Gasteiger partial charge in [-0.2, -0.15) is 30.0 Å². The molecule has 4 nitrogen and oxygen atoms in total. The molecule has 2 aromatic rings. The first-order chi connectivity index (χ1) is 13.6. The number of nitrogens with one attached hydrogen (secondary N) is 1. The number of rotatable bonds is 4. The van der Waals surface area contributed by atoms with Crippen molar-refractivity contribution in [2.24, 2.45) is 10.5 Å². The standard InChI is InChI=1S/C20H19ClF3N3OS/c1-19(12-29-2)11-27(26-17(19)13-3-7-15(21)8-4-13)18(28)25-16-9-5-14(6-10-16)20(22,23)24/h3-10H,11-12H2,1-2H3,(H,25,28). The molecule has 1 aliphatic heterocycles. The fourth-order valence-electron chi connectivity index (χ4n) is 3.18. The van der Waals surface area contributed by atoms with Crippen LogP contribution in [0.3, 0.4) is 0 Å². The molecule has 0 spiro atoms. The summed E-state index contributed by atoms with van der Waals surface area (Å²) in [5.74, 6) is 0.749. The summed E-state index contributed by atoms with van der Waals surface area (Å²) in [6.07, 6.45) is -2.44. The Balaban J connectivity index is 1.80. The second-order valence-electron chi connectivity index (χ2n) is 7.01. The molecule has 1 atom stereocenters. The molecule has 0 radical (unpaired) electrons. The second kappa shape index (κ2) is 8.28. The van der Waals surface area contributed by atoms with Gasteiger partial charge < -0.3 is 5.32 Å². The van der Waals surface area contributed by atoms with E-state index in [1.807, 2.05) is 25.3 Å². The van der Waals surface area contributed by atoms with Crippen LogP contribution in [0, 0.1) is 5.41 Å². The van der Waals surface area contributed by atoms with Gasteiger partial charge in [0.1, 0.15) is 0 Å². The first-order valence-electron chi connectivity index (χ1n) is 8.72. The third-order valence-electron chi connectivity index (χ3n) is 4.57. The highest BCUT2D eigenvalue weighted by molar-refractivity contribution is 7.98. The number of thioether (sulfide) groups is 1. The summed E-state index contributed by atoms with van der Waals surface area (Å²) in [5.41, 5.74) is 0.768. The van der Waals surface area contributed by atoms with Crippen molar-refractivity contribution in [1.82, 2.24) is 5.01 Å². The van der Waals surface area contributed by atoms with Gasteiger partial charge >= 0.3 is 12.2 Å².